The third-order valence-electron chi connectivity index (χ3n) is 6.86. The van der Waals surface area contributed by atoms with Crippen molar-refractivity contribution in [2.24, 2.45) is 0 Å². The predicted octanol–water partition coefficient (Wildman–Crippen LogP) is 5.13. The van der Waals surface area contributed by atoms with Gasteiger partial charge in [0, 0.05) is 43.0 Å². The van der Waals surface area contributed by atoms with Gasteiger partial charge in [0.05, 0.1) is 4.92 Å². The van der Waals surface area contributed by atoms with Gasteiger partial charge < -0.3 is 27.0 Å². The zero-order valence-electron chi connectivity index (χ0n) is 21.9. The van der Waals surface area contributed by atoms with Crippen molar-refractivity contribution in [3.63, 3.8) is 0 Å². The van der Waals surface area contributed by atoms with Crippen LogP contribution in [0.5, 0.6) is 0 Å². The Labute approximate surface area is 224 Å². The molecule has 2 saturated carbocycles. The highest BCUT2D eigenvalue weighted by atomic mass is 16.6. The fourth-order valence-corrected chi connectivity index (χ4v) is 4.81. The Hall–Kier alpha value is -3.82. The van der Waals surface area contributed by atoms with E-state index in [0.717, 1.165) is 55.3 Å². The van der Waals surface area contributed by atoms with E-state index in [-0.39, 0.29) is 23.8 Å². The van der Waals surface area contributed by atoms with Gasteiger partial charge in [-0.15, -0.1) is 0 Å². The average Bonchev–Trinajstić information content (AvgIpc) is 2.92. The maximum absolute atomic E-state index is 11.7. The van der Waals surface area contributed by atoms with Crippen LogP contribution in [0.3, 0.4) is 0 Å². The van der Waals surface area contributed by atoms with E-state index < -0.39 is 4.92 Å². The Bertz CT molecular complexity index is 1050. The molecule has 206 valence electrons. The normalized spacial score (nSPS) is 15.9. The third kappa shape index (κ3) is 10.7. The number of benzene rings is 2. The molecular formula is C28H40N6O4. The van der Waals surface area contributed by atoms with Gasteiger partial charge in [-0.25, -0.2) is 9.59 Å². The summed E-state index contributed by atoms with van der Waals surface area (Å²) in [5.74, 6) is 0. The number of hydrogen-bond donors (Lipinski definition) is 5. The fourth-order valence-electron chi connectivity index (χ4n) is 4.81. The molecule has 2 aliphatic rings. The molecule has 10 nitrogen and oxygen atoms in total. The molecule has 2 fully saturated rings. The van der Waals surface area contributed by atoms with E-state index in [1.165, 1.54) is 37.8 Å². The summed E-state index contributed by atoms with van der Waals surface area (Å²) in [6.45, 7) is 0.809. The summed E-state index contributed by atoms with van der Waals surface area (Å²) < 4.78 is 0. The van der Waals surface area contributed by atoms with E-state index in [4.69, 9.17) is 5.73 Å². The van der Waals surface area contributed by atoms with Gasteiger partial charge in [-0.1, -0.05) is 62.8 Å². The van der Waals surface area contributed by atoms with Crippen molar-refractivity contribution in [1.29, 1.82) is 0 Å². The second-order valence-corrected chi connectivity index (χ2v) is 10.00. The standard InChI is InChI=1S/C14H19N3O3.C14H21N3O/c18-14(16-12-6-2-1-3-7-12)15-10-11-5-4-8-13(9-11)17(19)20;15-12-6-4-5-11(9-12)10-16-14(18)17-13-7-2-1-3-8-13/h4-5,8-9,12H,1-3,6-7,10H2,(H2,15,16,18);4-6,9,13H,1-3,7-8,10,15H2,(H2,16,17,18). The topological polar surface area (TPSA) is 151 Å². The van der Waals surface area contributed by atoms with Gasteiger partial charge in [-0.05, 0) is 48.9 Å². The van der Waals surface area contributed by atoms with Gasteiger partial charge in [0.15, 0.2) is 0 Å². The lowest BCUT2D eigenvalue weighted by molar-refractivity contribution is -0.384. The van der Waals surface area contributed by atoms with Gasteiger partial charge in [0.1, 0.15) is 0 Å². The SMILES string of the molecule is Nc1cccc(CNC(=O)NC2CCCCC2)c1.O=C(NCc1cccc([N+](=O)[O-])c1)NC1CCCCC1. The number of carbonyl (C=O) groups excluding carboxylic acids is 2. The summed E-state index contributed by atoms with van der Waals surface area (Å²) in [6, 6.07) is 14.2. The smallest absolute Gasteiger partial charge is 0.315 e. The van der Waals surface area contributed by atoms with Crippen molar-refractivity contribution < 1.29 is 14.5 Å². The quantitative estimate of drug-likeness (QED) is 0.193. The Morgan fingerprint density at radius 3 is 1.71 bits per heavy atom. The molecule has 38 heavy (non-hydrogen) atoms. The zero-order chi connectivity index (χ0) is 27.2. The van der Waals surface area contributed by atoms with Crippen molar-refractivity contribution in [3.8, 4) is 0 Å². The monoisotopic (exact) mass is 524 g/mol. The van der Waals surface area contributed by atoms with Crippen molar-refractivity contribution in [3.05, 3.63) is 69.8 Å². The largest absolute Gasteiger partial charge is 0.399 e. The number of anilines is 1. The van der Waals surface area contributed by atoms with Gasteiger partial charge >= 0.3 is 12.1 Å². The molecule has 0 unspecified atom stereocenters. The molecule has 0 aliphatic heterocycles. The minimum absolute atomic E-state index is 0.0389. The summed E-state index contributed by atoms with van der Waals surface area (Å²) in [5, 5.41) is 22.2. The first kappa shape index (κ1) is 28.7. The summed E-state index contributed by atoms with van der Waals surface area (Å²) >= 11 is 0. The molecule has 0 aromatic heterocycles. The van der Waals surface area contributed by atoms with Crippen molar-refractivity contribution >= 4 is 23.4 Å². The van der Waals surface area contributed by atoms with Crippen molar-refractivity contribution in [2.75, 3.05) is 5.73 Å². The van der Waals surface area contributed by atoms with Gasteiger partial charge in [-0.2, -0.15) is 0 Å². The molecule has 0 atom stereocenters. The number of amides is 4. The number of nitrogens with two attached hydrogens (primary N) is 1. The molecule has 0 saturated heterocycles. The number of nitrogens with one attached hydrogen (secondary N) is 4. The molecule has 2 aromatic carbocycles. The lowest BCUT2D eigenvalue weighted by atomic mass is 9.96. The fraction of sp³-hybridized carbons (Fsp3) is 0.500. The summed E-state index contributed by atoms with van der Waals surface area (Å²) in [6.07, 6.45) is 11.6. The van der Waals surface area contributed by atoms with E-state index in [9.17, 15) is 19.7 Å². The van der Waals surface area contributed by atoms with Gasteiger partial charge in [0.2, 0.25) is 0 Å². The second kappa shape index (κ2) is 15.4. The van der Waals surface area contributed by atoms with Crippen molar-refractivity contribution in [2.45, 2.75) is 89.4 Å². The number of nitrogen functional groups attached to an aromatic ring is 1. The molecule has 2 aliphatic carbocycles. The van der Waals surface area contributed by atoms with E-state index in [0.29, 0.717) is 19.1 Å². The molecule has 4 rings (SSSR count). The molecular weight excluding hydrogens is 484 g/mol. The maximum atomic E-state index is 11.7. The molecule has 10 heteroatoms. The van der Waals surface area contributed by atoms with Gasteiger partial charge in [-0.3, -0.25) is 10.1 Å². The zero-order valence-corrected chi connectivity index (χ0v) is 21.9. The summed E-state index contributed by atoms with van der Waals surface area (Å²) in [7, 11) is 0. The van der Waals surface area contributed by atoms with E-state index in [1.54, 1.807) is 12.1 Å². The number of urea groups is 2. The molecule has 0 bridgehead atoms. The van der Waals surface area contributed by atoms with E-state index in [2.05, 4.69) is 21.3 Å². The predicted molar refractivity (Wildman–Crippen MR) is 148 cm³/mol. The van der Waals surface area contributed by atoms with Crippen molar-refractivity contribution in [1.82, 2.24) is 21.3 Å². The maximum Gasteiger partial charge on any atom is 0.315 e. The number of carbonyl (C=O) groups is 2. The lowest BCUT2D eigenvalue weighted by Crippen LogP contribution is -2.42. The summed E-state index contributed by atoms with van der Waals surface area (Å²) in [4.78, 5) is 33.7. The first-order valence-electron chi connectivity index (χ1n) is 13.6. The second-order valence-electron chi connectivity index (χ2n) is 10.00. The highest BCUT2D eigenvalue weighted by molar-refractivity contribution is 5.74. The molecule has 6 N–H and O–H groups in total. The number of rotatable bonds is 7. The number of nitrogens with zero attached hydrogens (tertiary/aromatic N) is 1. The minimum atomic E-state index is -0.439. The average molecular weight is 525 g/mol. The Morgan fingerprint density at radius 1 is 0.763 bits per heavy atom. The van der Waals surface area contributed by atoms with Crippen LogP contribution >= 0.6 is 0 Å². The first-order valence-corrected chi connectivity index (χ1v) is 13.6. The van der Waals surface area contributed by atoms with Gasteiger partial charge in [0.25, 0.3) is 5.69 Å². The van der Waals surface area contributed by atoms with Crippen LogP contribution < -0.4 is 27.0 Å². The van der Waals surface area contributed by atoms with E-state index >= 15 is 0 Å². The third-order valence-corrected chi connectivity index (χ3v) is 6.86. The Balaban J connectivity index is 0.000000212. The van der Waals surface area contributed by atoms with Crippen LogP contribution in [0, 0.1) is 10.1 Å². The van der Waals surface area contributed by atoms with E-state index in [1.807, 2.05) is 24.3 Å². The van der Waals surface area contributed by atoms with Crippen LogP contribution in [0.4, 0.5) is 21.0 Å². The van der Waals surface area contributed by atoms with Crippen LogP contribution in [0.1, 0.15) is 75.3 Å². The minimum Gasteiger partial charge on any atom is -0.399 e. The number of hydrogen-bond acceptors (Lipinski definition) is 5. The van der Waals surface area contributed by atoms with Crippen LogP contribution in [0.25, 0.3) is 0 Å². The molecule has 0 heterocycles. The number of nitro benzene ring substituents is 1. The van der Waals surface area contributed by atoms with Crippen LogP contribution in [-0.2, 0) is 13.1 Å². The number of non-ortho nitro benzene ring substituents is 1. The Kier molecular flexibility index (Phi) is 11.7. The molecule has 4 amide bonds. The first-order chi connectivity index (χ1) is 18.4. The van der Waals surface area contributed by atoms with Crippen LogP contribution in [0.15, 0.2) is 48.5 Å². The van der Waals surface area contributed by atoms with Crippen LogP contribution in [0.2, 0.25) is 0 Å². The summed E-state index contributed by atoms with van der Waals surface area (Å²) in [5.41, 5.74) is 8.19. The Morgan fingerprint density at radius 2 is 1.24 bits per heavy atom. The highest BCUT2D eigenvalue weighted by Crippen LogP contribution is 2.18. The highest BCUT2D eigenvalue weighted by Gasteiger charge is 2.16. The van der Waals surface area contributed by atoms with Crippen LogP contribution in [-0.4, -0.2) is 29.1 Å². The lowest BCUT2D eigenvalue weighted by Gasteiger charge is -2.22. The molecule has 2 aromatic rings. The number of nitro groups is 1. The molecule has 0 spiro atoms. The molecule has 0 radical (unpaired) electrons.